The first kappa shape index (κ1) is 29.7. The van der Waals surface area contributed by atoms with Crippen LogP contribution in [-0.2, 0) is 32.2 Å². The fourth-order valence-corrected chi connectivity index (χ4v) is 6.27. The molecule has 2 aliphatic heterocycles. The molecule has 0 aromatic carbocycles. The highest BCUT2D eigenvalue weighted by atomic mass is 31.2. The molecule has 8 N–H and O–H groups in total. The second-order valence-corrected chi connectivity index (χ2v) is 12.4. The number of fused-ring (bicyclic) bond motifs is 2. The summed E-state index contributed by atoms with van der Waals surface area (Å²) in [6, 6.07) is 0. The van der Waals surface area contributed by atoms with Crippen molar-refractivity contribution in [1.82, 2.24) is 39.1 Å². The number of nitrogen functional groups attached to an aromatic ring is 2. The summed E-state index contributed by atoms with van der Waals surface area (Å²) in [5, 5.41) is 4.09. The number of nitrogens with two attached hydrogens (primary N) is 2. The zero-order valence-corrected chi connectivity index (χ0v) is 23.7. The van der Waals surface area contributed by atoms with Crippen molar-refractivity contribution in [3.8, 4) is 0 Å². The number of hydrogen-bond donors (Lipinski definition) is 6. The summed E-state index contributed by atoms with van der Waals surface area (Å²) in [7, 11) is -9.66. The number of nitrogens with zero attached hydrogens (tertiary/aromatic N) is 7. The Bertz CT molecular complexity index is 1810. The van der Waals surface area contributed by atoms with E-state index in [2.05, 4.69) is 34.5 Å². The minimum absolute atomic E-state index is 0.0498. The van der Waals surface area contributed by atoms with E-state index in [1.165, 1.54) is 27.9 Å². The first-order chi connectivity index (χ1) is 20.4. The van der Waals surface area contributed by atoms with Gasteiger partial charge in [0.25, 0.3) is 5.56 Å². The molecular weight excluding hydrogens is 618 g/mol. The third-order valence-electron chi connectivity index (χ3n) is 6.83. The highest BCUT2D eigenvalue weighted by Crippen LogP contribution is 2.50. The Kier molecular flexibility index (Phi) is 7.80. The van der Waals surface area contributed by atoms with E-state index < -0.39 is 58.5 Å². The summed E-state index contributed by atoms with van der Waals surface area (Å²) in [5.41, 5.74) is 11.9. The second-order valence-electron chi connectivity index (χ2n) is 9.72. The normalized spacial score (nSPS) is 26.0. The van der Waals surface area contributed by atoms with Gasteiger partial charge in [0.05, 0.1) is 37.5 Å². The van der Waals surface area contributed by atoms with Gasteiger partial charge in [-0.15, -0.1) is 0 Å². The summed E-state index contributed by atoms with van der Waals surface area (Å²) >= 11 is 0. The Hall–Kier alpha value is -3.36. The maximum atomic E-state index is 13.0. The molecule has 23 heteroatoms. The van der Waals surface area contributed by atoms with Gasteiger partial charge < -0.3 is 35.6 Å². The van der Waals surface area contributed by atoms with Gasteiger partial charge in [-0.25, -0.2) is 28.6 Å². The van der Waals surface area contributed by atoms with E-state index in [0.29, 0.717) is 18.5 Å². The summed E-state index contributed by atoms with van der Waals surface area (Å²) in [4.78, 5) is 59.5. The van der Waals surface area contributed by atoms with Gasteiger partial charge in [-0.05, 0) is 12.8 Å². The van der Waals surface area contributed by atoms with Gasteiger partial charge in [-0.3, -0.25) is 27.9 Å². The molecule has 2 fully saturated rings. The molecule has 43 heavy (non-hydrogen) atoms. The van der Waals surface area contributed by atoms with Crippen molar-refractivity contribution in [2.45, 2.75) is 49.9 Å². The van der Waals surface area contributed by atoms with E-state index >= 15 is 0 Å². The molecule has 6 rings (SSSR count). The van der Waals surface area contributed by atoms with E-state index in [1.54, 1.807) is 0 Å². The van der Waals surface area contributed by atoms with E-state index in [-0.39, 0.29) is 41.6 Å². The Labute approximate surface area is 240 Å². The van der Waals surface area contributed by atoms with Gasteiger partial charge in [-0.1, -0.05) is 0 Å². The van der Waals surface area contributed by atoms with Crippen LogP contribution in [0.2, 0.25) is 0 Å². The summed E-state index contributed by atoms with van der Waals surface area (Å²) in [5.74, 6) is 0.0188. The Morgan fingerprint density at radius 1 is 1.07 bits per heavy atom. The molecule has 4 aromatic rings. The largest absolute Gasteiger partial charge is 0.472 e. The van der Waals surface area contributed by atoms with Crippen LogP contribution in [0.4, 0.5) is 11.8 Å². The number of anilines is 2. The number of rotatable bonds is 10. The van der Waals surface area contributed by atoms with Crippen LogP contribution in [0.15, 0.2) is 23.6 Å². The minimum atomic E-state index is -4.90. The lowest BCUT2D eigenvalue weighted by molar-refractivity contribution is -0.0370. The highest BCUT2D eigenvalue weighted by molar-refractivity contribution is 7.47. The third-order valence-corrected chi connectivity index (χ3v) is 8.33. The van der Waals surface area contributed by atoms with Crippen LogP contribution in [0.1, 0.15) is 37.3 Å². The number of ether oxygens (including phenoxy) is 2. The third kappa shape index (κ3) is 6.31. The molecule has 0 aliphatic carbocycles. The van der Waals surface area contributed by atoms with E-state index in [1.807, 2.05) is 0 Å². The molecule has 4 aromatic heterocycles. The molecule has 0 saturated carbocycles. The Balaban J connectivity index is 1.11. The highest BCUT2D eigenvalue weighted by Gasteiger charge is 2.44. The molecule has 0 radical (unpaired) electrons. The predicted molar refractivity (Wildman–Crippen MR) is 142 cm³/mol. The molecule has 21 nitrogen and oxygen atoms in total. The summed E-state index contributed by atoms with van der Waals surface area (Å²) < 4.78 is 54.2. The van der Waals surface area contributed by atoms with Crippen LogP contribution in [0.3, 0.4) is 0 Å². The molecular formula is C20H26N10O11P2. The van der Waals surface area contributed by atoms with E-state index in [4.69, 9.17) is 30.0 Å². The van der Waals surface area contributed by atoms with E-state index in [0.717, 1.165) is 0 Å². The maximum absolute atomic E-state index is 13.0. The fraction of sp³-hybridized carbons (Fsp3) is 0.500. The zero-order chi connectivity index (χ0) is 30.5. The lowest BCUT2D eigenvalue weighted by Crippen LogP contribution is -2.28. The number of aromatic amines is 1. The molecule has 6 heterocycles. The smallest absolute Gasteiger partial charge is 0.381 e. The van der Waals surface area contributed by atoms with Gasteiger partial charge >= 0.3 is 15.6 Å². The first-order valence-electron chi connectivity index (χ1n) is 12.7. The summed E-state index contributed by atoms with van der Waals surface area (Å²) in [6.45, 7) is -0.996. The molecule has 2 unspecified atom stereocenters. The minimum Gasteiger partial charge on any atom is -0.381 e. The Morgan fingerprint density at radius 2 is 1.88 bits per heavy atom. The fourth-order valence-electron chi connectivity index (χ4n) is 4.95. The number of aromatic nitrogens is 8. The van der Waals surface area contributed by atoms with Gasteiger partial charge in [0, 0.05) is 6.42 Å². The van der Waals surface area contributed by atoms with Gasteiger partial charge in [0.2, 0.25) is 5.95 Å². The number of H-pyrrole nitrogens is 1. The Morgan fingerprint density at radius 3 is 2.67 bits per heavy atom. The van der Waals surface area contributed by atoms with Crippen molar-refractivity contribution in [3.63, 3.8) is 0 Å². The molecule has 6 atom stereocenters. The molecule has 2 aliphatic rings. The maximum Gasteiger partial charge on any atom is 0.472 e. The first-order valence-corrected chi connectivity index (χ1v) is 15.7. The van der Waals surface area contributed by atoms with Gasteiger partial charge in [0.1, 0.15) is 30.9 Å². The quantitative estimate of drug-likeness (QED) is 0.119. The predicted octanol–water partition coefficient (Wildman–Crippen LogP) is -0.459. The average molecular weight is 644 g/mol. The van der Waals surface area contributed by atoms with Gasteiger partial charge in [0.15, 0.2) is 22.6 Å². The zero-order valence-electron chi connectivity index (χ0n) is 21.9. The topological polar surface area (TPSA) is 300 Å². The van der Waals surface area contributed by atoms with E-state index in [9.17, 15) is 28.6 Å². The molecule has 0 spiro atoms. The van der Waals surface area contributed by atoms with Crippen LogP contribution in [0, 0.1) is 0 Å². The molecule has 0 amide bonds. The SMILES string of the molecule is Nc1nc2c(ncn2[C@H]2CC[C@@H](COP(=O)(O)OC3C[C@H](c4cnc5c(N)ncnn45)O[C@@H]3COP(=O)(O)O)O2)c(=O)[nH]1. The van der Waals surface area contributed by atoms with Crippen molar-refractivity contribution in [1.29, 1.82) is 0 Å². The average Bonchev–Trinajstić information content (AvgIpc) is 3.71. The number of phosphoric ester groups is 2. The summed E-state index contributed by atoms with van der Waals surface area (Å²) in [6.07, 6.45) is 0.414. The number of phosphoric acid groups is 2. The van der Waals surface area contributed by atoms with Crippen LogP contribution < -0.4 is 17.0 Å². The van der Waals surface area contributed by atoms with Crippen LogP contribution >= 0.6 is 15.6 Å². The van der Waals surface area contributed by atoms with Crippen molar-refractivity contribution < 1.29 is 46.9 Å². The standard InChI is InChI=1S/C20H26N10O11P2/c21-16-18-23-4-10(30(18)26-7-24-16)11-3-12(13(40-11)6-37-42(32,33)34)41-43(35,36)38-5-9-1-2-14(39-9)29-8-25-15-17(29)27-20(22)28-19(15)31/h4,7-9,11-14H,1-3,5-6H2,(H,35,36)(H2,21,24,26)(H2,32,33,34)(H3,22,27,28,31)/t9-,11+,12?,13+,14+/m0/s1. The number of imidazole rings is 2. The van der Waals surface area contributed by atoms with Crippen LogP contribution in [0.5, 0.6) is 0 Å². The van der Waals surface area contributed by atoms with Crippen LogP contribution in [-0.4, -0.2) is 85.3 Å². The molecule has 2 saturated heterocycles. The molecule has 0 bridgehead atoms. The number of hydrogen-bond acceptors (Lipinski definition) is 15. The van der Waals surface area contributed by atoms with Crippen molar-refractivity contribution in [2.75, 3.05) is 24.7 Å². The number of nitrogens with one attached hydrogen (secondary N) is 1. The van der Waals surface area contributed by atoms with Crippen molar-refractivity contribution in [2.24, 2.45) is 0 Å². The van der Waals surface area contributed by atoms with Crippen LogP contribution in [0.25, 0.3) is 16.8 Å². The van der Waals surface area contributed by atoms with Crippen molar-refractivity contribution >= 4 is 44.2 Å². The van der Waals surface area contributed by atoms with Crippen molar-refractivity contribution in [3.05, 3.63) is 34.9 Å². The second kappa shape index (κ2) is 11.3. The lowest BCUT2D eigenvalue weighted by atomic mass is 10.1. The van der Waals surface area contributed by atoms with Gasteiger partial charge in [-0.2, -0.15) is 10.1 Å². The molecule has 232 valence electrons. The lowest BCUT2D eigenvalue weighted by Gasteiger charge is -2.22. The monoisotopic (exact) mass is 644 g/mol.